The van der Waals surface area contributed by atoms with Crippen molar-refractivity contribution < 1.29 is 9.90 Å². The van der Waals surface area contributed by atoms with Gasteiger partial charge in [-0.05, 0) is 112 Å². The Balaban J connectivity index is 1.27. The van der Waals surface area contributed by atoms with E-state index in [0.29, 0.717) is 46.8 Å². The smallest absolute Gasteiger partial charge is 0.158 e. The third-order valence-electron chi connectivity index (χ3n) is 11.8. The number of Topliss-reactive ketones (excluding diaryl/α,β-unsaturated/α-hetero) is 1. The van der Waals surface area contributed by atoms with Gasteiger partial charge in [0.05, 0.1) is 23.4 Å². The highest BCUT2D eigenvalue weighted by molar-refractivity contribution is 5.83. The van der Waals surface area contributed by atoms with Crippen LogP contribution >= 0.6 is 0 Å². The van der Waals surface area contributed by atoms with Gasteiger partial charge in [-0.3, -0.25) is 9.48 Å². The third-order valence-corrected chi connectivity index (χ3v) is 11.8. The maximum atomic E-state index is 13.8. The van der Waals surface area contributed by atoms with Gasteiger partial charge in [-0.25, -0.2) is 0 Å². The molecular formula is C28H39N3O2. The molecule has 6 aliphatic rings. The van der Waals surface area contributed by atoms with Gasteiger partial charge < -0.3 is 5.11 Å². The number of aliphatic hydroxyl groups is 1. The van der Waals surface area contributed by atoms with E-state index < -0.39 is 5.60 Å². The number of hydrogen-bond acceptors (Lipinski definition) is 4. The van der Waals surface area contributed by atoms with E-state index in [1.165, 1.54) is 38.5 Å². The average Bonchev–Trinajstić information content (AvgIpc) is 3.33. The zero-order valence-corrected chi connectivity index (χ0v) is 20.7. The Hall–Kier alpha value is -1.67. The number of carbonyl (C=O) groups is 1. The highest BCUT2D eigenvalue weighted by Gasteiger charge is 2.78. The summed E-state index contributed by atoms with van der Waals surface area (Å²) in [7, 11) is 0. The molecule has 0 amide bonds. The first-order valence-electron chi connectivity index (χ1n) is 13.3. The topological polar surface area (TPSA) is 78.9 Å². The van der Waals surface area contributed by atoms with E-state index in [1.54, 1.807) is 10.9 Å². The van der Waals surface area contributed by atoms with Gasteiger partial charge in [0.1, 0.15) is 6.07 Å². The lowest BCUT2D eigenvalue weighted by Crippen LogP contribution is -2.59. The van der Waals surface area contributed by atoms with E-state index in [2.05, 4.69) is 25.0 Å². The van der Waals surface area contributed by atoms with E-state index in [9.17, 15) is 15.2 Å². The molecule has 6 aliphatic carbocycles. The zero-order chi connectivity index (χ0) is 23.3. The molecular weight excluding hydrogens is 410 g/mol. The highest BCUT2D eigenvalue weighted by atomic mass is 16.3. The number of hydrogen-bond donors (Lipinski definition) is 1. The second kappa shape index (κ2) is 6.94. The van der Waals surface area contributed by atoms with Crippen LogP contribution < -0.4 is 0 Å². The first-order chi connectivity index (χ1) is 15.6. The Labute approximate surface area is 197 Å². The number of fused-ring (bicyclic) bond motifs is 3. The predicted molar refractivity (Wildman–Crippen MR) is 125 cm³/mol. The number of rotatable bonds is 3. The number of aryl methyl sites for hydroxylation is 1. The van der Waals surface area contributed by atoms with E-state index in [4.69, 9.17) is 0 Å². The summed E-state index contributed by atoms with van der Waals surface area (Å²) in [5, 5.41) is 24.4. The molecule has 1 spiro atoms. The van der Waals surface area contributed by atoms with Crippen molar-refractivity contribution in [3.63, 3.8) is 0 Å². The molecule has 2 unspecified atom stereocenters. The van der Waals surface area contributed by atoms with Crippen LogP contribution in [0, 0.1) is 70.5 Å². The fraction of sp³-hybridized carbons (Fsp3) is 0.821. The minimum absolute atomic E-state index is 0.0998. The Bertz CT molecular complexity index is 1040. The minimum atomic E-state index is -0.467. The molecule has 0 radical (unpaired) electrons. The fourth-order valence-electron chi connectivity index (χ4n) is 10.6. The van der Waals surface area contributed by atoms with Gasteiger partial charge in [-0.2, -0.15) is 10.4 Å². The molecule has 0 saturated heterocycles. The maximum Gasteiger partial charge on any atom is 0.158 e. The second-order valence-corrected chi connectivity index (χ2v) is 13.0. The molecule has 1 heterocycles. The first kappa shape index (κ1) is 21.8. The number of nitriles is 1. The molecule has 5 heteroatoms. The molecule has 1 aromatic heterocycles. The van der Waals surface area contributed by atoms with E-state index in [1.807, 2.05) is 13.8 Å². The van der Waals surface area contributed by atoms with Gasteiger partial charge in [0.15, 0.2) is 5.78 Å². The van der Waals surface area contributed by atoms with Crippen molar-refractivity contribution in [2.24, 2.45) is 52.3 Å². The van der Waals surface area contributed by atoms with Gasteiger partial charge in [-0.1, -0.05) is 13.8 Å². The molecule has 1 aromatic rings. The van der Waals surface area contributed by atoms with Gasteiger partial charge >= 0.3 is 0 Å². The van der Waals surface area contributed by atoms with Crippen molar-refractivity contribution in [1.29, 1.82) is 5.26 Å². The largest absolute Gasteiger partial charge is 0.390 e. The SMILES string of the molecule is Cc1nn(CC(=O)[C@H]2[C@@H]3CC4([C@@H]5CC[C@@H]6C[C@](C)(O)CC[C@@H]6C5CC[C@]24C)[C@@H]3C)cc1C#N. The van der Waals surface area contributed by atoms with Crippen molar-refractivity contribution in [2.75, 3.05) is 0 Å². The number of ketones is 1. The number of aromatic nitrogens is 2. The molecule has 6 saturated carbocycles. The highest BCUT2D eigenvalue weighted by Crippen LogP contribution is 2.83. The summed E-state index contributed by atoms with van der Waals surface area (Å²) in [6.07, 6.45) is 11.1. The monoisotopic (exact) mass is 449 g/mol. The summed E-state index contributed by atoms with van der Waals surface area (Å²) in [4.78, 5) is 13.8. The van der Waals surface area contributed by atoms with Crippen LogP contribution in [0.15, 0.2) is 6.20 Å². The lowest BCUT2D eigenvalue weighted by molar-refractivity contribution is -0.177. The molecule has 2 bridgehead atoms. The van der Waals surface area contributed by atoms with Crippen LogP contribution in [0.25, 0.3) is 0 Å². The van der Waals surface area contributed by atoms with Crippen molar-refractivity contribution in [1.82, 2.24) is 9.78 Å². The van der Waals surface area contributed by atoms with E-state index in [-0.39, 0.29) is 11.3 Å². The fourth-order valence-corrected chi connectivity index (χ4v) is 10.6. The minimum Gasteiger partial charge on any atom is -0.390 e. The normalized spacial score (nSPS) is 49.9. The quantitative estimate of drug-likeness (QED) is 0.712. The van der Waals surface area contributed by atoms with Crippen LogP contribution in [0.1, 0.15) is 83.4 Å². The average molecular weight is 450 g/mol. The molecule has 0 aromatic carbocycles. The van der Waals surface area contributed by atoms with E-state index in [0.717, 1.165) is 30.6 Å². The standard InChI is InChI=1S/C28H39N3O2/c1-16-22-12-28(16)23-6-5-18-11-26(3,33)9-7-20(18)21(23)8-10-27(28,4)25(22)24(32)15-31-14-19(13-29)17(2)30-31/h14,16,18,20-23,25,33H,5-12,15H2,1-4H3/t16-,18-,20+,21?,22-,23-,25-,26-,27-,28?/m1/s1. The van der Waals surface area contributed by atoms with Gasteiger partial charge in [0.2, 0.25) is 0 Å². The summed E-state index contributed by atoms with van der Waals surface area (Å²) >= 11 is 0. The van der Waals surface area contributed by atoms with Crippen molar-refractivity contribution in [2.45, 2.75) is 91.2 Å². The first-order valence-corrected chi connectivity index (χ1v) is 13.3. The second-order valence-electron chi connectivity index (χ2n) is 13.0. The van der Waals surface area contributed by atoms with Crippen LogP contribution in [-0.4, -0.2) is 26.3 Å². The summed E-state index contributed by atoms with van der Waals surface area (Å²) in [5.74, 6) is 4.62. The van der Waals surface area contributed by atoms with Gasteiger partial charge in [0.25, 0.3) is 0 Å². The molecule has 5 nitrogen and oxygen atoms in total. The van der Waals surface area contributed by atoms with Gasteiger partial charge in [-0.15, -0.1) is 0 Å². The molecule has 0 aliphatic heterocycles. The van der Waals surface area contributed by atoms with Crippen LogP contribution in [0.5, 0.6) is 0 Å². The van der Waals surface area contributed by atoms with Gasteiger partial charge in [0, 0.05) is 12.1 Å². The van der Waals surface area contributed by atoms with Crippen molar-refractivity contribution in [3.05, 3.63) is 17.5 Å². The predicted octanol–water partition coefficient (Wildman–Crippen LogP) is 4.90. The molecule has 178 valence electrons. The summed E-state index contributed by atoms with van der Waals surface area (Å²) in [6, 6.07) is 2.18. The molecule has 7 rings (SSSR count). The molecule has 6 fully saturated rings. The summed E-state index contributed by atoms with van der Waals surface area (Å²) in [6.45, 7) is 9.09. The Morgan fingerprint density at radius 2 is 1.94 bits per heavy atom. The van der Waals surface area contributed by atoms with Crippen LogP contribution in [0.3, 0.4) is 0 Å². The van der Waals surface area contributed by atoms with Crippen LogP contribution in [-0.2, 0) is 11.3 Å². The van der Waals surface area contributed by atoms with Crippen LogP contribution in [0.2, 0.25) is 0 Å². The van der Waals surface area contributed by atoms with Crippen LogP contribution in [0.4, 0.5) is 0 Å². The van der Waals surface area contributed by atoms with Crippen molar-refractivity contribution in [3.8, 4) is 6.07 Å². The number of nitrogens with zero attached hydrogens (tertiary/aromatic N) is 3. The molecule has 33 heavy (non-hydrogen) atoms. The van der Waals surface area contributed by atoms with Crippen molar-refractivity contribution >= 4 is 5.78 Å². The Morgan fingerprint density at radius 1 is 1.18 bits per heavy atom. The molecule has 1 N–H and O–H groups in total. The lowest BCUT2D eigenvalue weighted by Gasteiger charge is -2.65. The molecule has 10 atom stereocenters. The van der Waals surface area contributed by atoms with E-state index >= 15 is 0 Å². The lowest BCUT2D eigenvalue weighted by atomic mass is 9.39. The number of carbonyl (C=O) groups excluding carboxylic acids is 1. The third kappa shape index (κ3) is 2.74. The Morgan fingerprint density at radius 3 is 2.64 bits per heavy atom. The zero-order valence-electron chi connectivity index (χ0n) is 20.7. The summed E-state index contributed by atoms with van der Waals surface area (Å²) < 4.78 is 1.71. The summed E-state index contributed by atoms with van der Waals surface area (Å²) in [5.41, 5.74) is 1.23. The Kier molecular flexibility index (Phi) is 4.59. The maximum absolute atomic E-state index is 13.8.